The maximum Gasteiger partial charge on any atom is 0.165 e. The molecular weight excluding hydrogens is 296 g/mol. The lowest BCUT2D eigenvalue weighted by Crippen LogP contribution is -2.20. The van der Waals surface area contributed by atoms with Crippen LogP contribution in [0.3, 0.4) is 0 Å². The summed E-state index contributed by atoms with van der Waals surface area (Å²) in [5.74, 6) is -0.616. The zero-order valence-corrected chi connectivity index (χ0v) is 12.5. The van der Waals surface area contributed by atoms with E-state index in [0.29, 0.717) is 17.0 Å². The highest BCUT2D eigenvalue weighted by Crippen LogP contribution is 2.25. The summed E-state index contributed by atoms with van der Waals surface area (Å²) in [5, 5.41) is 3.39. The molecule has 21 heavy (non-hydrogen) atoms. The molecule has 1 unspecified atom stereocenters. The topological polar surface area (TPSA) is 21.3 Å². The zero-order valence-electron chi connectivity index (χ0n) is 11.8. The molecule has 0 aromatic heterocycles. The zero-order chi connectivity index (χ0) is 15.4. The summed E-state index contributed by atoms with van der Waals surface area (Å²) in [4.78, 5) is 0. The SMILES string of the molecule is CNC(Cc1ccc(OC)c(F)c1)c1ccc(Cl)cc1F. The molecular formula is C16H16ClF2NO. The van der Waals surface area contributed by atoms with E-state index in [1.165, 1.54) is 19.2 Å². The summed E-state index contributed by atoms with van der Waals surface area (Å²) in [5.41, 5.74) is 1.25. The summed E-state index contributed by atoms with van der Waals surface area (Å²) in [6, 6.07) is 9.01. The highest BCUT2D eigenvalue weighted by atomic mass is 35.5. The molecule has 0 bridgehead atoms. The van der Waals surface area contributed by atoms with Gasteiger partial charge in [-0.05, 0) is 43.3 Å². The molecule has 1 N–H and O–H groups in total. The Morgan fingerprint density at radius 1 is 1.14 bits per heavy atom. The van der Waals surface area contributed by atoms with E-state index in [9.17, 15) is 8.78 Å². The van der Waals surface area contributed by atoms with E-state index >= 15 is 0 Å². The van der Waals surface area contributed by atoms with E-state index in [0.717, 1.165) is 5.56 Å². The van der Waals surface area contributed by atoms with Gasteiger partial charge in [0.25, 0.3) is 0 Å². The van der Waals surface area contributed by atoms with Crippen LogP contribution in [0.1, 0.15) is 17.2 Å². The second-order valence-electron chi connectivity index (χ2n) is 4.68. The molecule has 0 saturated heterocycles. The molecule has 0 spiro atoms. The van der Waals surface area contributed by atoms with E-state index in [4.69, 9.17) is 16.3 Å². The molecule has 0 fully saturated rings. The van der Waals surface area contributed by atoms with Gasteiger partial charge in [-0.25, -0.2) is 8.78 Å². The Balaban J connectivity index is 2.24. The van der Waals surface area contributed by atoms with E-state index in [-0.39, 0.29) is 17.6 Å². The Labute approximate surface area is 127 Å². The summed E-state index contributed by atoms with van der Waals surface area (Å²) in [7, 11) is 3.15. The van der Waals surface area contributed by atoms with Gasteiger partial charge in [-0.1, -0.05) is 23.7 Å². The van der Waals surface area contributed by atoms with Gasteiger partial charge in [0.1, 0.15) is 5.82 Å². The lowest BCUT2D eigenvalue weighted by molar-refractivity contribution is 0.386. The Bertz CT molecular complexity index is 634. The van der Waals surface area contributed by atoms with Crippen molar-refractivity contribution in [3.05, 3.63) is 64.2 Å². The van der Waals surface area contributed by atoms with E-state index < -0.39 is 5.82 Å². The minimum absolute atomic E-state index is 0.192. The third-order valence-corrected chi connectivity index (χ3v) is 3.58. The number of hydrogen-bond acceptors (Lipinski definition) is 2. The maximum atomic E-state index is 14.0. The van der Waals surface area contributed by atoms with Crippen LogP contribution in [-0.2, 0) is 6.42 Å². The normalized spacial score (nSPS) is 12.2. The summed E-state index contributed by atoms with van der Waals surface area (Å²) in [6.45, 7) is 0. The summed E-state index contributed by atoms with van der Waals surface area (Å²) in [6.07, 6.45) is 0.454. The molecule has 0 saturated carbocycles. The Kier molecular flexibility index (Phi) is 5.15. The fourth-order valence-electron chi connectivity index (χ4n) is 2.22. The molecule has 0 heterocycles. The van der Waals surface area contributed by atoms with Crippen molar-refractivity contribution < 1.29 is 13.5 Å². The molecule has 0 aliphatic heterocycles. The second kappa shape index (κ2) is 6.87. The van der Waals surface area contributed by atoms with E-state index in [1.807, 2.05) is 0 Å². The van der Waals surface area contributed by atoms with Crippen LogP contribution in [0.5, 0.6) is 5.75 Å². The van der Waals surface area contributed by atoms with Gasteiger partial charge in [0.2, 0.25) is 0 Å². The lowest BCUT2D eigenvalue weighted by Gasteiger charge is -2.18. The van der Waals surface area contributed by atoms with Gasteiger partial charge in [-0.3, -0.25) is 0 Å². The average Bonchev–Trinajstić information content (AvgIpc) is 2.45. The quantitative estimate of drug-likeness (QED) is 0.896. The average molecular weight is 312 g/mol. The second-order valence-corrected chi connectivity index (χ2v) is 5.12. The number of likely N-dealkylation sites (N-methyl/N-ethyl adjacent to an activating group) is 1. The van der Waals surface area contributed by atoms with Crippen LogP contribution in [0.15, 0.2) is 36.4 Å². The largest absolute Gasteiger partial charge is 0.494 e. The Hall–Kier alpha value is -1.65. The molecule has 5 heteroatoms. The van der Waals surface area contributed by atoms with Crippen molar-refractivity contribution >= 4 is 11.6 Å². The Morgan fingerprint density at radius 2 is 1.90 bits per heavy atom. The van der Waals surface area contributed by atoms with Crippen molar-refractivity contribution in [2.75, 3.05) is 14.2 Å². The first-order valence-corrected chi connectivity index (χ1v) is 6.87. The number of nitrogens with one attached hydrogen (secondary N) is 1. The van der Waals surface area contributed by atoms with Crippen LogP contribution in [-0.4, -0.2) is 14.2 Å². The van der Waals surface area contributed by atoms with Crippen molar-refractivity contribution in [1.82, 2.24) is 5.32 Å². The first kappa shape index (κ1) is 15.7. The first-order valence-electron chi connectivity index (χ1n) is 6.49. The van der Waals surface area contributed by atoms with E-state index in [2.05, 4.69) is 5.32 Å². The molecule has 2 aromatic rings. The molecule has 0 aliphatic carbocycles. The van der Waals surface area contributed by atoms with Crippen LogP contribution in [0, 0.1) is 11.6 Å². The number of hydrogen-bond donors (Lipinski definition) is 1. The minimum atomic E-state index is -0.429. The van der Waals surface area contributed by atoms with Crippen LogP contribution >= 0.6 is 11.6 Å². The molecule has 1 atom stereocenters. The fourth-order valence-corrected chi connectivity index (χ4v) is 2.38. The van der Waals surface area contributed by atoms with Gasteiger partial charge in [-0.2, -0.15) is 0 Å². The fraction of sp³-hybridized carbons (Fsp3) is 0.250. The number of ether oxygens (including phenoxy) is 1. The molecule has 0 aliphatic rings. The van der Waals surface area contributed by atoms with Crippen LogP contribution in [0.4, 0.5) is 8.78 Å². The first-order chi connectivity index (χ1) is 10.0. The van der Waals surface area contributed by atoms with Gasteiger partial charge >= 0.3 is 0 Å². The van der Waals surface area contributed by atoms with Crippen molar-refractivity contribution in [2.45, 2.75) is 12.5 Å². The third kappa shape index (κ3) is 3.71. The number of rotatable bonds is 5. The summed E-state index contributed by atoms with van der Waals surface area (Å²) >= 11 is 5.76. The monoisotopic (exact) mass is 311 g/mol. The summed E-state index contributed by atoms with van der Waals surface area (Å²) < 4.78 is 32.6. The Morgan fingerprint density at radius 3 is 2.48 bits per heavy atom. The van der Waals surface area contributed by atoms with Gasteiger partial charge in [-0.15, -0.1) is 0 Å². The molecule has 0 radical (unpaired) electrons. The predicted octanol–water partition coefficient (Wildman–Crippen LogP) is 4.13. The molecule has 2 rings (SSSR count). The maximum absolute atomic E-state index is 14.0. The molecule has 2 aromatic carbocycles. The van der Waals surface area contributed by atoms with Crippen molar-refractivity contribution in [3.8, 4) is 5.75 Å². The number of halogens is 3. The third-order valence-electron chi connectivity index (χ3n) is 3.34. The van der Waals surface area contributed by atoms with Crippen LogP contribution in [0.2, 0.25) is 5.02 Å². The van der Waals surface area contributed by atoms with Crippen LogP contribution in [0.25, 0.3) is 0 Å². The molecule has 2 nitrogen and oxygen atoms in total. The smallest absolute Gasteiger partial charge is 0.165 e. The van der Waals surface area contributed by atoms with Crippen LogP contribution < -0.4 is 10.1 Å². The standard InChI is InChI=1S/C16H16ClF2NO/c1-20-15(12-5-4-11(17)9-13(12)18)8-10-3-6-16(21-2)14(19)7-10/h3-7,9,15,20H,8H2,1-2H3. The lowest BCUT2D eigenvalue weighted by atomic mass is 9.98. The predicted molar refractivity (Wildman–Crippen MR) is 79.9 cm³/mol. The highest BCUT2D eigenvalue weighted by Gasteiger charge is 2.16. The molecule has 112 valence electrons. The van der Waals surface area contributed by atoms with Gasteiger partial charge < -0.3 is 10.1 Å². The number of benzene rings is 2. The number of methoxy groups -OCH3 is 1. The van der Waals surface area contributed by atoms with E-state index in [1.54, 1.807) is 31.3 Å². The van der Waals surface area contributed by atoms with Gasteiger partial charge in [0.05, 0.1) is 7.11 Å². The van der Waals surface area contributed by atoms with Crippen molar-refractivity contribution in [1.29, 1.82) is 0 Å². The minimum Gasteiger partial charge on any atom is -0.494 e. The van der Waals surface area contributed by atoms with Crippen molar-refractivity contribution in [2.24, 2.45) is 0 Å². The van der Waals surface area contributed by atoms with Gasteiger partial charge in [0, 0.05) is 16.6 Å². The van der Waals surface area contributed by atoms with Gasteiger partial charge in [0.15, 0.2) is 11.6 Å². The molecule has 0 amide bonds. The van der Waals surface area contributed by atoms with Crippen molar-refractivity contribution in [3.63, 3.8) is 0 Å². The highest BCUT2D eigenvalue weighted by molar-refractivity contribution is 6.30.